The molecule has 1 N–H and O–H groups in total. The quantitative estimate of drug-likeness (QED) is 0.815. The molecule has 1 heterocycles. The van der Waals surface area contributed by atoms with E-state index in [0.717, 1.165) is 4.31 Å². The van der Waals surface area contributed by atoms with Crippen LogP contribution in [0.4, 0.5) is 11.4 Å². The predicted molar refractivity (Wildman–Crippen MR) is 110 cm³/mol. The number of rotatable bonds is 4. The fourth-order valence-electron chi connectivity index (χ4n) is 3.05. The standard InChI is InChI=1S/C19H19ClN2O5S/c1-11-14-9-16(26-3)17(27-4)10-15(14)22(2)28(24,25)18(11)19(23)21-13-7-5-6-12(20)8-13/h5-10H,1-4H3,(H,21,23). The van der Waals surface area contributed by atoms with Crippen LogP contribution in [0.15, 0.2) is 41.3 Å². The lowest BCUT2D eigenvalue weighted by Gasteiger charge is -2.30. The maximum Gasteiger partial charge on any atom is 0.269 e. The Morgan fingerprint density at radius 2 is 1.75 bits per heavy atom. The topological polar surface area (TPSA) is 84.9 Å². The minimum Gasteiger partial charge on any atom is -0.493 e. The second-order valence-corrected chi connectivity index (χ2v) is 8.46. The number of hydrogen-bond acceptors (Lipinski definition) is 5. The number of benzene rings is 2. The van der Waals surface area contributed by atoms with Crippen molar-refractivity contribution in [3.8, 4) is 11.5 Å². The van der Waals surface area contributed by atoms with Gasteiger partial charge in [-0.2, -0.15) is 0 Å². The molecule has 0 atom stereocenters. The predicted octanol–water partition coefficient (Wildman–Crippen LogP) is 3.51. The number of ether oxygens (including phenoxy) is 2. The summed E-state index contributed by atoms with van der Waals surface area (Å²) >= 11 is 5.94. The third-order valence-electron chi connectivity index (χ3n) is 4.49. The Hall–Kier alpha value is -2.71. The van der Waals surface area contributed by atoms with Gasteiger partial charge in [0.05, 0.1) is 19.9 Å². The van der Waals surface area contributed by atoms with Crippen molar-refractivity contribution in [3.63, 3.8) is 0 Å². The summed E-state index contributed by atoms with van der Waals surface area (Å²) in [5.41, 5.74) is 1.67. The lowest BCUT2D eigenvalue weighted by atomic mass is 10.0. The summed E-state index contributed by atoms with van der Waals surface area (Å²) in [6.45, 7) is 1.59. The van der Waals surface area contributed by atoms with Crippen LogP contribution in [-0.2, 0) is 14.8 Å². The van der Waals surface area contributed by atoms with Crippen molar-refractivity contribution in [3.05, 3.63) is 51.9 Å². The molecular formula is C19H19ClN2O5S. The second kappa shape index (κ2) is 7.37. The molecule has 2 aromatic carbocycles. The van der Waals surface area contributed by atoms with Crippen LogP contribution in [0.2, 0.25) is 5.02 Å². The van der Waals surface area contributed by atoms with Gasteiger partial charge in [0.1, 0.15) is 0 Å². The lowest BCUT2D eigenvalue weighted by Crippen LogP contribution is -2.36. The van der Waals surface area contributed by atoms with E-state index in [2.05, 4.69) is 5.32 Å². The Balaban J connectivity index is 2.15. The molecule has 28 heavy (non-hydrogen) atoms. The van der Waals surface area contributed by atoms with E-state index in [4.69, 9.17) is 21.1 Å². The van der Waals surface area contributed by atoms with E-state index in [-0.39, 0.29) is 4.91 Å². The third kappa shape index (κ3) is 3.29. The number of anilines is 2. The monoisotopic (exact) mass is 422 g/mol. The molecule has 9 heteroatoms. The first kappa shape index (κ1) is 20.0. The maximum atomic E-state index is 13.0. The van der Waals surface area contributed by atoms with E-state index in [0.29, 0.717) is 39.0 Å². The van der Waals surface area contributed by atoms with Crippen LogP contribution in [0.25, 0.3) is 5.57 Å². The van der Waals surface area contributed by atoms with Crippen LogP contribution in [0, 0.1) is 0 Å². The van der Waals surface area contributed by atoms with Gasteiger partial charge in [-0.1, -0.05) is 17.7 Å². The second-order valence-electron chi connectivity index (χ2n) is 6.12. The molecule has 0 fully saturated rings. The van der Waals surface area contributed by atoms with Gasteiger partial charge in [-0.05, 0) is 36.8 Å². The Kier molecular flexibility index (Phi) is 5.27. The van der Waals surface area contributed by atoms with Crippen molar-refractivity contribution in [2.45, 2.75) is 6.92 Å². The largest absolute Gasteiger partial charge is 0.493 e. The van der Waals surface area contributed by atoms with Crippen molar-refractivity contribution < 1.29 is 22.7 Å². The van der Waals surface area contributed by atoms with E-state index in [1.54, 1.807) is 37.3 Å². The molecule has 7 nitrogen and oxygen atoms in total. The zero-order chi connectivity index (χ0) is 20.6. The molecule has 148 valence electrons. The number of fused-ring (bicyclic) bond motifs is 1. The van der Waals surface area contributed by atoms with Crippen molar-refractivity contribution in [2.24, 2.45) is 0 Å². The van der Waals surface area contributed by atoms with Crippen molar-refractivity contribution >= 4 is 44.5 Å². The van der Waals surface area contributed by atoms with Crippen LogP contribution >= 0.6 is 11.6 Å². The molecule has 0 saturated heterocycles. The minimum absolute atomic E-state index is 0.314. The molecular weight excluding hydrogens is 404 g/mol. The van der Waals surface area contributed by atoms with Gasteiger partial charge in [-0.3, -0.25) is 9.10 Å². The third-order valence-corrected chi connectivity index (χ3v) is 6.65. The van der Waals surface area contributed by atoms with E-state index >= 15 is 0 Å². The van der Waals surface area contributed by atoms with Crippen molar-refractivity contribution in [1.82, 2.24) is 0 Å². The first-order valence-corrected chi connectivity index (χ1v) is 10.1. The molecule has 0 saturated carbocycles. The van der Waals surface area contributed by atoms with Crippen LogP contribution < -0.4 is 19.1 Å². The smallest absolute Gasteiger partial charge is 0.269 e. The number of nitrogens with one attached hydrogen (secondary N) is 1. The fourth-order valence-corrected chi connectivity index (χ4v) is 4.71. The molecule has 0 aromatic heterocycles. The van der Waals surface area contributed by atoms with Gasteiger partial charge in [0, 0.05) is 29.4 Å². The van der Waals surface area contributed by atoms with Gasteiger partial charge in [0.25, 0.3) is 15.9 Å². The van der Waals surface area contributed by atoms with E-state index in [1.807, 2.05) is 0 Å². The summed E-state index contributed by atoms with van der Waals surface area (Å²) in [5.74, 6) is 0.0814. The molecule has 1 aliphatic rings. The van der Waals surface area contributed by atoms with Crippen LogP contribution in [0.1, 0.15) is 12.5 Å². The molecule has 0 aliphatic carbocycles. The number of halogens is 1. The van der Waals surface area contributed by atoms with E-state index in [1.165, 1.54) is 27.3 Å². The fraction of sp³-hybridized carbons (Fsp3) is 0.211. The molecule has 1 amide bonds. The summed E-state index contributed by atoms with van der Waals surface area (Å²) in [7, 11) is 0.273. The number of sulfonamides is 1. The Labute approximate surface area is 168 Å². The molecule has 2 aromatic rings. The number of allylic oxidation sites excluding steroid dienone is 1. The number of amides is 1. The highest BCUT2D eigenvalue weighted by Gasteiger charge is 2.38. The lowest BCUT2D eigenvalue weighted by molar-refractivity contribution is -0.112. The number of nitrogens with zero attached hydrogens (tertiary/aromatic N) is 1. The number of methoxy groups -OCH3 is 2. The highest BCUT2D eigenvalue weighted by atomic mass is 35.5. The van der Waals surface area contributed by atoms with Gasteiger partial charge >= 0.3 is 0 Å². The molecule has 0 spiro atoms. The highest BCUT2D eigenvalue weighted by Crippen LogP contribution is 2.44. The van der Waals surface area contributed by atoms with Crippen LogP contribution in [0.5, 0.6) is 11.5 Å². The first-order chi connectivity index (χ1) is 13.2. The zero-order valence-electron chi connectivity index (χ0n) is 15.7. The maximum absolute atomic E-state index is 13.0. The average Bonchev–Trinajstić information content (AvgIpc) is 2.65. The SMILES string of the molecule is COc1cc2c(cc1OC)N(C)S(=O)(=O)C(C(=O)Nc1cccc(Cl)c1)=C2C. The molecule has 0 radical (unpaired) electrons. The summed E-state index contributed by atoms with van der Waals surface area (Å²) in [6, 6.07) is 9.70. The van der Waals surface area contributed by atoms with Crippen molar-refractivity contribution in [2.75, 3.05) is 30.9 Å². The summed E-state index contributed by atoms with van der Waals surface area (Å²) in [5, 5.41) is 3.02. The number of hydrogen-bond donors (Lipinski definition) is 1. The first-order valence-electron chi connectivity index (χ1n) is 8.23. The molecule has 3 rings (SSSR count). The van der Waals surface area contributed by atoms with E-state index in [9.17, 15) is 13.2 Å². The van der Waals surface area contributed by atoms with Gasteiger partial charge in [-0.25, -0.2) is 8.42 Å². The van der Waals surface area contributed by atoms with Crippen LogP contribution in [0.3, 0.4) is 0 Å². The average molecular weight is 423 g/mol. The molecule has 0 unspecified atom stereocenters. The highest BCUT2D eigenvalue weighted by molar-refractivity contribution is 7.97. The molecule has 0 bridgehead atoms. The number of carbonyl (C=O) groups is 1. The normalized spacial score (nSPS) is 15.1. The van der Waals surface area contributed by atoms with Gasteiger partial charge in [0.2, 0.25) is 0 Å². The summed E-state index contributed by atoms with van der Waals surface area (Å²) in [6.07, 6.45) is 0. The summed E-state index contributed by atoms with van der Waals surface area (Å²) < 4.78 is 37.7. The Morgan fingerprint density at radius 1 is 1.11 bits per heavy atom. The van der Waals surface area contributed by atoms with Crippen LogP contribution in [-0.4, -0.2) is 35.6 Å². The van der Waals surface area contributed by atoms with Gasteiger partial charge in [0.15, 0.2) is 16.4 Å². The Bertz CT molecular complexity index is 1100. The van der Waals surface area contributed by atoms with Gasteiger partial charge in [-0.15, -0.1) is 0 Å². The van der Waals surface area contributed by atoms with Crippen molar-refractivity contribution in [1.29, 1.82) is 0 Å². The number of carbonyl (C=O) groups excluding carboxylic acids is 1. The summed E-state index contributed by atoms with van der Waals surface area (Å²) in [4.78, 5) is 12.5. The molecule has 1 aliphatic heterocycles. The Morgan fingerprint density at radius 3 is 2.36 bits per heavy atom. The van der Waals surface area contributed by atoms with Gasteiger partial charge < -0.3 is 14.8 Å². The van der Waals surface area contributed by atoms with E-state index < -0.39 is 15.9 Å². The zero-order valence-corrected chi connectivity index (χ0v) is 17.3. The minimum atomic E-state index is -4.07.